The van der Waals surface area contributed by atoms with Gasteiger partial charge in [-0.25, -0.2) is 0 Å². The molecule has 1 fully saturated rings. The molecule has 5 nitrogen and oxygen atoms in total. The second-order valence-corrected chi connectivity index (χ2v) is 6.76. The summed E-state index contributed by atoms with van der Waals surface area (Å²) in [5.74, 6) is 0.553. The van der Waals surface area contributed by atoms with Crippen molar-refractivity contribution in [2.45, 2.75) is 19.8 Å². The molecule has 1 N–H and O–H groups in total. The summed E-state index contributed by atoms with van der Waals surface area (Å²) in [6, 6.07) is 17.2. The fourth-order valence-electron chi connectivity index (χ4n) is 3.29. The van der Waals surface area contributed by atoms with Crippen LogP contribution in [0.15, 0.2) is 60.7 Å². The zero-order valence-electron chi connectivity index (χ0n) is 16.1. The summed E-state index contributed by atoms with van der Waals surface area (Å²) in [5, 5.41) is 2.97. The van der Waals surface area contributed by atoms with Crippen molar-refractivity contribution in [3.8, 4) is 5.75 Å². The van der Waals surface area contributed by atoms with E-state index in [1.165, 1.54) is 0 Å². The maximum absolute atomic E-state index is 12.6. The summed E-state index contributed by atoms with van der Waals surface area (Å²) in [4.78, 5) is 26.8. The summed E-state index contributed by atoms with van der Waals surface area (Å²) < 4.78 is 5.56. The molecule has 1 saturated heterocycles. The number of piperidine rings is 1. The molecular weight excluding hydrogens is 352 g/mol. The zero-order valence-corrected chi connectivity index (χ0v) is 16.1. The van der Waals surface area contributed by atoms with E-state index >= 15 is 0 Å². The van der Waals surface area contributed by atoms with E-state index in [9.17, 15) is 9.59 Å². The summed E-state index contributed by atoms with van der Waals surface area (Å²) in [6.07, 6.45) is 4.75. The molecule has 3 rings (SSSR count). The number of amides is 2. The number of para-hydroxylation sites is 2. The lowest BCUT2D eigenvalue weighted by Gasteiger charge is -2.30. The monoisotopic (exact) mass is 378 g/mol. The smallest absolute Gasteiger partial charge is 0.246 e. The Hall–Kier alpha value is -3.08. The molecule has 0 saturated carbocycles. The number of carbonyl (C=O) groups excluding carboxylic acids is 2. The topological polar surface area (TPSA) is 58.6 Å². The van der Waals surface area contributed by atoms with Crippen LogP contribution in [0.25, 0.3) is 6.08 Å². The van der Waals surface area contributed by atoms with Gasteiger partial charge in [-0.15, -0.1) is 0 Å². The van der Waals surface area contributed by atoms with Crippen LogP contribution in [0.3, 0.4) is 0 Å². The summed E-state index contributed by atoms with van der Waals surface area (Å²) >= 11 is 0. The lowest BCUT2D eigenvalue weighted by molar-refractivity contribution is -0.130. The van der Waals surface area contributed by atoms with Gasteiger partial charge in [0.15, 0.2) is 0 Å². The van der Waals surface area contributed by atoms with Gasteiger partial charge in [0.2, 0.25) is 11.8 Å². The number of nitrogens with one attached hydrogen (secondary N) is 1. The van der Waals surface area contributed by atoms with Gasteiger partial charge < -0.3 is 15.0 Å². The predicted octanol–water partition coefficient (Wildman–Crippen LogP) is 3.98. The Morgan fingerprint density at radius 2 is 1.75 bits per heavy atom. The Morgan fingerprint density at radius 1 is 1.07 bits per heavy atom. The van der Waals surface area contributed by atoms with Crippen molar-refractivity contribution in [3.05, 3.63) is 66.2 Å². The Bertz CT molecular complexity index is 825. The Morgan fingerprint density at radius 3 is 2.46 bits per heavy atom. The molecule has 0 spiro atoms. The highest BCUT2D eigenvalue weighted by Gasteiger charge is 2.27. The number of carbonyl (C=O) groups is 2. The minimum absolute atomic E-state index is 0.00981. The third-order valence-corrected chi connectivity index (χ3v) is 4.84. The molecule has 2 aromatic carbocycles. The number of anilines is 1. The first kappa shape index (κ1) is 19.7. The molecule has 1 heterocycles. The van der Waals surface area contributed by atoms with Crippen LogP contribution < -0.4 is 10.1 Å². The van der Waals surface area contributed by atoms with Gasteiger partial charge in [0.05, 0.1) is 12.3 Å². The van der Waals surface area contributed by atoms with Crippen molar-refractivity contribution in [2.75, 3.05) is 25.0 Å². The number of hydrogen-bond acceptors (Lipinski definition) is 3. The summed E-state index contributed by atoms with van der Waals surface area (Å²) in [6.45, 7) is 3.63. The van der Waals surface area contributed by atoms with Gasteiger partial charge in [-0.2, -0.15) is 0 Å². The third kappa shape index (κ3) is 5.22. The SMILES string of the molecule is CCOc1ccccc1NC(=O)C1CCN(C(=O)/C=C/c2ccccc2)CC1. The fraction of sp³-hybridized carbons (Fsp3) is 0.304. The maximum Gasteiger partial charge on any atom is 0.246 e. The highest BCUT2D eigenvalue weighted by Crippen LogP contribution is 2.26. The number of hydrogen-bond donors (Lipinski definition) is 1. The molecule has 0 aliphatic carbocycles. The average Bonchev–Trinajstić information content (AvgIpc) is 2.74. The van der Waals surface area contributed by atoms with Gasteiger partial charge in [-0.05, 0) is 43.5 Å². The quantitative estimate of drug-likeness (QED) is 0.774. The van der Waals surface area contributed by atoms with E-state index in [1.54, 1.807) is 11.0 Å². The zero-order chi connectivity index (χ0) is 19.8. The molecular formula is C23H26N2O3. The van der Waals surface area contributed by atoms with E-state index in [-0.39, 0.29) is 17.7 Å². The second kappa shape index (κ2) is 9.74. The Balaban J connectivity index is 1.51. The van der Waals surface area contributed by atoms with Crippen LogP contribution in [0.4, 0.5) is 5.69 Å². The number of ether oxygens (including phenoxy) is 1. The van der Waals surface area contributed by atoms with Gasteiger partial charge >= 0.3 is 0 Å². The number of rotatable bonds is 6. The summed E-state index contributed by atoms with van der Waals surface area (Å²) in [7, 11) is 0. The Kier molecular flexibility index (Phi) is 6.84. The standard InChI is InChI=1S/C23H26N2O3/c1-2-28-21-11-7-6-10-20(21)24-23(27)19-14-16-25(17-15-19)22(26)13-12-18-8-4-3-5-9-18/h3-13,19H,2,14-17H2,1H3,(H,24,27)/b13-12+. The van der Waals surface area contributed by atoms with E-state index < -0.39 is 0 Å². The molecule has 0 unspecified atom stereocenters. The van der Waals surface area contributed by atoms with Gasteiger partial charge in [-0.1, -0.05) is 42.5 Å². The van der Waals surface area contributed by atoms with Crippen LogP contribution in [-0.4, -0.2) is 36.4 Å². The second-order valence-electron chi connectivity index (χ2n) is 6.76. The van der Waals surface area contributed by atoms with Crippen molar-refractivity contribution in [1.29, 1.82) is 0 Å². The number of nitrogens with zero attached hydrogens (tertiary/aromatic N) is 1. The van der Waals surface area contributed by atoms with Crippen LogP contribution in [0.2, 0.25) is 0 Å². The van der Waals surface area contributed by atoms with Crippen LogP contribution >= 0.6 is 0 Å². The molecule has 5 heteroatoms. The van der Waals surface area contributed by atoms with Gasteiger partial charge in [0.1, 0.15) is 5.75 Å². The van der Waals surface area contributed by atoms with E-state index in [2.05, 4.69) is 5.32 Å². The highest BCUT2D eigenvalue weighted by atomic mass is 16.5. The molecule has 2 aromatic rings. The third-order valence-electron chi connectivity index (χ3n) is 4.84. The van der Waals surface area contributed by atoms with Crippen LogP contribution in [0, 0.1) is 5.92 Å². The first-order valence-electron chi connectivity index (χ1n) is 9.72. The fourth-order valence-corrected chi connectivity index (χ4v) is 3.29. The van der Waals surface area contributed by atoms with Crippen LogP contribution in [-0.2, 0) is 9.59 Å². The van der Waals surface area contributed by atoms with E-state index in [1.807, 2.05) is 67.6 Å². The van der Waals surface area contributed by atoms with E-state index in [0.717, 1.165) is 5.56 Å². The minimum Gasteiger partial charge on any atom is -0.492 e. The number of likely N-dealkylation sites (tertiary alicyclic amines) is 1. The summed E-state index contributed by atoms with van der Waals surface area (Å²) in [5.41, 5.74) is 1.69. The molecule has 1 aliphatic rings. The van der Waals surface area contributed by atoms with Crippen molar-refractivity contribution in [2.24, 2.45) is 5.92 Å². The molecule has 2 amide bonds. The van der Waals surface area contributed by atoms with Crippen molar-refractivity contribution in [3.63, 3.8) is 0 Å². The first-order chi connectivity index (χ1) is 13.7. The van der Waals surface area contributed by atoms with Gasteiger partial charge in [0.25, 0.3) is 0 Å². The van der Waals surface area contributed by atoms with Crippen LogP contribution in [0.1, 0.15) is 25.3 Å². The normalized spacial score (nSPS) is 14.8. The predicted molar refractivity (Wildman–Crippen MR) is 111 cm³/mol. The molecule has 0 bridgehead atoms. The Labute approximate surface area is 166 Å². The highest BCUT2D eigenvalue weighted by molar-refractivity contribution is 5.95. The average molecular weight is 378 g/mol. The maximum atomic E-state index is 12.6. The molecule has 0 atom stereocenters. The molecule has 28 heavy (non-hydrogen) atoms. The lowest BCUT2D eigenvalue weighted by Crippen LogP contribution is -2.40. The van der Waals surface area contributed by atoms with Crippen molar-refractivity contribution >= 4 is 23.6 Å². The molecule has 0 aromatic heterocycles. The molecule has 1 aliphatic heterocycles. The van der Waals surface area contributed by atoms with Crippen LogP contribution in [0.5, 0.6) is 5.75 Å². The van der Waals surface area contributed by atoms with Crippen molar-refractivity contribution < 1.29 is 14.3 Å². The minimum atomic E-state index is -0.100. The first-order valence-corrected chi connectivity index (χ1v) is 9.72. The molecule has 146 valence electrons. The number of benzene rings is 2. The van der Waals surface area contributed by atoms with Crippen molar-refractivity contribution in [1.82, 2.24) is 4.90 Å². The van der Waals surface area contributed by atoms with E-state index in [0.29, 0.717) is 44.0 Å². The lowest BCUT2D eigenvalue weighted by atomic mass is 9.95. The largest absolute Gasteiger partial charge is 0.492 e. The van der Waals surface area contributed by atoms with Gasteiger partial charge in [-0.3, -0.25) is 9.59 Å². The van der Waals surface area contributed by atoms with E-state index in [4.69, 9.17) is 4.74 Å². The van der Waals surface area contributed by atoms with Gasteiger partial charge in [0, 0.05) is 25.1 Å². The molecule has 0 radical (unpaired) electrons.